The van der Waals surface area contributed by atoms with Gasteiger partial charge in [0.1, 0.15) is 0 Å². The molecule has 1 fully saturated rings. The molecule has 4 nitrogen and oxygen atoms in total. The van der Waals surface area contributed by atoms with Crippen LogP contribution in [0.15, 0.2) is 0 Å². The summed E-state index contributed by atoms with van der Waals surface area (Å²) in [4.78, 5) is 1.89. The van der Waals surface area contributed by atoms with E-state index in [0.29, 0.717) is 0 Å². The van der Waals surface area contributed by atoms with E-state index >= 15 is 0 Å². The van der Waals surface area contributed by atoms with Gasteiger partial charge in [0.05, 0.1) is 5.60 Å². The van der Waals surface area contributed by atoms with Gasteiger partial charge in [-0.15, -0.1) is 0 Å². The van der Waals surface area contributed by atoms with Crippen molar-refractivity contribution in [1.82, 2.24) is 4.90 Å². The van der Waals surface area contributed by atoms with E-state index in [0.717, 1.165) is 25.9 Å². The highest BCUT2D eigenvalue weighted by Gasteiger charge is 2.26. The lowest BCUT2D eigenvalue weighted by molar-refractivity contribution is -0.242. The molecule has 0 saturated carbocycles. The van der Waals surface area contributed by atoms with E-state index in [1.54, 1.807) is 0 Å². The SMILES string of the molecule is CC(C)(C)OC(O)N1CCCC(N)C1. The second kappa shape index (κ2) is 4.57. The zero-order valence-electron chi connectivity index (χ0n) is 9.36. The van der Waals surface area contributed by atoms with E-state index < -0.39 is 6.41 Å². The van der Waals surface area contributed by atoms with E-state index in [4.69, 9.17) is 10.5 Å². The van der Waals surface area contributed by atoms with Gasteiger partial charge >= 0.3 is 0 Å². The van der Waals surface area contributed by atoms with E-state index in [1.807, 2.05) is 25.7 Å². The highest BCUT2D eigenvalue weighted by Crippen LogP contribution is 2.16. The van der Waals surface area contributed by atoms with Gasteiger partial charge in [0.15, 0.2) is 0 Å². The van der Waals surface area contributed by atoms with Gasteiger partial charge in [0.25, 0.3) is 0 Å². The lowest BCUT2D eigenvalue weighted by Crippen LogP contribution is -2.50. The summed E-state index contributed by atoms with van der Waals surface area (Å²) in [6.45, 7) is 7.38. The van der Waals surface area contributed by atoms with Crippen molar-refractivity contribution < 1.29 is 9.84 Å². The quantitative estimate of drug-likeness (QED) is 0.640. The van der Waals surface area contributed by atoms with Crippen molar-refractivity contribution in [2.24, 2.45) is 5.73 Å². The lowest BCUT2D eigenvalue weighted by Gasteiger charge is -2.36. The molecule has 1 rings (SSSR count). The van der Waals surface area contributed by atoms with Crippen LogP contribution in [0.5, 0.6) is 0 Å². The lowest BCUT2D eigenvalue weighted by atomic mass is 10.1. The molecule has 1 heterocycles. The van der Waals surface area contributed by atoms with Crippen molar-refractivity contribution in [2.45, 2.75) is 51.7 Å². The molecule has 1 aliphatic heterocycles. The second-order valence-corrected chi connectivity index (χ2v) is 4.95. The highest BCUT2D eigenvalue weighted by molar-refractivity contribution is 4.75. The molecule has 3 N–H and O–H groups in total. The fraction of sp³-hybridized carbons (Fsp3) is 1.00. The fourth-order valence-corrected chi connectivity index (χ4v) is 1.63. The third-order valence-electron chi connectivity index (χ3n) is 2.26. The Bertz CT molecular complexity index is 179. The average Bonchev–Trinajstić information content (AvgIpc) is 2.01. The Kier molecular flexibility index (Phi) is 3.89. The molecule has 0 amide bonds. The predicted molar refractivity (Wildman–Crippen MR) is 55.6 cm³/mol. The van der Waals surface area contributed by atoms with Gasteiger partial charge in [-0.05, 0) is 33.6 Å². The molecule has 0 aliphatic carbocycles. The summed E-state index contributed by atoms with van der Waals surface area (Å²) in [5.74, 6) is 0. The molecule has 2 unspecified atom stereocenters. The molecule has 1 aliphatic rings. The molecular formula is C10H22N2O2. The Morgan fingerprint density at radius 1 is 1.50 bits per heavy atom. The zero-order chi connectivity index (χ0) is 10.8. The van der Waals surface area contributed by atoms with Crippen LogP contribution in [0, 0.1) is 0 Å². The summed E-state index contributed by atoms with van der Waals surface area (Å²) in [6.07, 6.45) is 1.26. The minimum absolute atomic E-state index is 0.168. The van der Waals surface area contributed by atoms with Crippen LogP contribution in [0.2, 0.25) is 0 Å². The Hall–Kier alpha value is -0.160. The van der Waals surface area contributed by atoms with Gasteiger partial charge in [-0.1, -0.05) is 0 Å². The molecule has 0 spiro atoms. The minimum Gasteiger partial charge on any atom is -0.356 e. The van der Waals surface area contributed by atoms with Gasteiger partial charge < -0.3 is 15.6 Å². The molecule has 0 bridgehead atoms. The molecule has 14 heavy (non-hydrogen) atoms. The number of aliphatic hydroxyl groups excluding tert-OH is 1. The maximum absolute atomic E-state index is 9.78. The van der Waals surface area contributed by atoms with Gasteiger partial charge in [-0.3, -0.25) is 4.90 Å². The molecule has 0 aromatic heterocycles. The van der Waals surface area contributed by atoms with Crippen LogP contribution in [-0.4, -0.2) is 41.2 Å². The molecule has 4 heteroatoms. The third kappa shape index (κ3) is 3.92. The van der Waals surface area contributed by atoms with Crippen molar-refractivity contribution in [3.8, 4) is 0 Å². The van der Waals surface area contributed by atoms with E-state index in [2.05, 4.69) is 0 Å². The minimum atomic E-state index is -0.818. The Morgan fingerprint density at radius 3 is 2.64 bits per heavy atom. The first-order valence-corrected chi connectivity index (χ1v) is 5.24. The number of nitrogens with two attached hydrogens (primary N) is 1. The van der Waals surface area contributed by atoms with E-state index in [1.165, 1.54) is 0 Å². The first-order chi connectivity index (χ1) is 6.38. The van der Waals surface area contributed by atoms with Crippen molar-refractivity contribution in [1.29, 1.82) is 0 Å². The number of rotatable bonds is 2. The number of hydrogen-bond donors (Lipinski definition) is 2. The van der Waals surface area contributed by atoms with Crippen LogP contribution < -0.4 is 5.73 Å². The highest BCUT2D eigenvalue weighted by atomic mass is 16.6. The molecular weight excluding hydrogens is 180 g/mol. The Morgan fingerprint density at radius 2 is 2.14 bits per heavy atom. The summed E-state index contributed by atoms with van der Waals surface area (Å²) in [7, 11) is 0. The second-order valence-electron chi connectivity index (χ2n) is 4.95. The maximum atomic E-state index is 9.78. The van der Waals surface area contributed by atoms with Gasteiger partial charge in [0.2, 0.25) is 6.41 Å². The molecule has 0 aromatic carbocycles. The number of piperidine rings is 1. The number of likely N-dealkylation sites (tertiary alicyclic amines) is 1. The zero-order valence-corrected chi connectivity index (χ0v) is 9.36. The predicted octanol–water partition coefficient (Wildman–Crippen LogP) is 0.501. The summed E-state index contributed by atoms with van der Waals surface area (Å²) < 4.78 is 5.45. The third-order valence-corrected chi connectivity index (χ3v) is 2.26. The van der Waals surface area contributed by atoms with Crippen LogP contribution >= 0.6 is 0 Å². The number of hydrogen-bond acceptors (Lipinski definition) is 4. The van der Waals surface area contributed by atoms with Gasteiger partial charge in [-0.25, -0.2) is 0 Å². The molecule has 0 aromatic rings. The van der Waals surface area contributed by atoms with Gasteiger partial charge in [-0.2, -0.15) is 0 Å². The van der Waals surface area contributed by atoms with Crippen molar-refractivity contribution in [3.05, 3.63) is 0 Å². The monoisotopic (exact) mass is 202 g/mol. The van der Waals surface area contributed by atoms with Gasteiger partial charge in [0, 0.05) is 19.1 Å². The van der Waals surface area contributed by atoms with Crippen LogP contribution in [0.25, 0.3) is 0 Å². The van der Waals surface area contributed by atoms with Crippen LogP contribution in [0.4, 0.5) is 0 Å². The smallest absolute Gasteiger partial charge is 0.216 e. The summed E-state index contributed by atoms with van der Waals surface area (Å²) in [6, 6.07) is 0.168. The Labute approximate surface area is 86.0 Å². The maximum Gasteiger partial charge on any atom is 0.216 e. The first-order valence-electron chi connectivity index (χ1n) is 5.24. The van der Waals surface area contributed by atoms with Crippen molar-refractivity contribution in [3.63, 3.8) is 0 Å². The molecule has 1 saturated heterocycles. The standard InChI is InChI=1S/C10H22N2O2/c1-10(2,3)14-9(13)12-6-4-5-8(11)7-12/h8-9,13H,4-7,11H2,1-3H3. The fourth-order valence-electron chi connectivity index (χ4n) is 1.63. The summed E-state index contributed by atoms with van der Waals surface area (Å²) >= 11 is 0. The van der Waals surface area contributed by atoms with Crippen LogP contribution in [0.3, 0.4) is 0 Å². The van der Waals surface area contributed by atoms with E-state index in [-0.39, 0.29) is 11.6 Å². The van der Waals surface area contributed by atoms with E-state index in [9.17, 15) is 5.11 Å². The topological polar surface area (TPSA) is 58.7 Å². The molecule has 84 valence electrons. The average molecular weight is 202 g/mol. The summed E-state index contributed by atoms with van der Waals surface area (Å²) in [5.41, 5.74) is 5.50. The largest absolute Gasteiger partial charge is 0.356 e. The first kappa shape index (κ1) is 11.9. The number of ether oxygens (including phenoxy) is 1. The van der Waals surface area contributed by atoms with Crippen LogP contribution in [0.1, 0.15) is 33.6 Å². The Balaban J connectivity index is 2.39. The number of nitrogens with zero attached hydrogens (tertiary/aromatic N) is 1. The van der Waals surface area contributed by atoms with Crippen molar-refractivity contribution >= 4 is 0 Å². The molecule has 0 radical (unpaired) electrons. The summed E-state index contributed by atoms with van der Waals surface area (Å²) in [5, 5.41) is 9.78. The van der Waals surface area contributed by atoms with Crippen LogP contribution in [-0.2, 0) is 4.74 Å². The van der Waals surface area contributed by atoms with Crippen molar-refractivity contribution in [2.75, 3.05) is 13.1 Å². The molecule has 2 atom stereocenters. The number of aliphatic hydroxyl groups is 1. The normalized spacial score (nSPS) is 27.6.